The smallest absolute Gasteiger partial charge is 0.332 e. The quantitative estimate of drug-likeness (QED) is 0.302. The van der Waals surface area contributed by atoms with Gasteiger partial charge < -0.3 is 26.2 Å². The number of rotatable bonds is 3. The summed E-state index contributed by atoms with van der Waals surface area (Å²) in [6.45, 7) is -0.250. The number of aliphatic hydroxyl groups excluding tert-OH is 2. The average molecular weight is 181 g/mol. The Morgan fingerprint density at radius 3 is 1.33 bits per heavy atom. The molecule has 0 saturated heterocycles. The van der Waals surface area contributed by atoms with E-state index in [1.807, 2.05) is 0 Å². The van der Waals surface area contributed by atoms with Gasteiger partial charge in [0.25, 0.3) is 0 Å². The Bertz CT molecular complexity index is 131. The fourth-order valence-electron chi connectivity index (χ4n) is 0.106. The van der Waals surface area contributed by atoms with Gasteiger partial charge in [-0.3, -0.25) is 0 Å². The molecule has 0 atom stereocenters. The number of aliphatic carboxylic acids is 2. The first-order chi connectivity index (χ1) is 5.47. The van der Waals surface area contributed by atoms with Gasteiger partial charge in [0.1, 0.15) is 0 Å². The third-order valence-electron chi connectivity index (χ3n) is 0.632. The molecular formula is C5H11NO6. The number of carbonyl (C=O) groups is 2. The van der Waals surface area contributed by atoms with E-state index < -0.39 is 18.0 Å². The van der Waals surface area contributed by atoms with Gasteiger partial charge in [0.05, 0.1) is 13.2 Å². The Hall–Kier alpha value is -1.18. The molecule has 0 radical (unpaired) electrons. The molecule has 72 valence electrons. The topological polar surface area (TPSA) is 141 Å². The van der Waals surface area contributed by atoms with Crippen molar-refractivity contribution in [2.45, 2.75) is 6.04 Å². The maximum absolute atomic E-state index is 9.63. The van der Waals surface area contributed by atoms with Crippen molar-refractivity contribution < 1.29 is 30.0 Å². The van der Waals surface area contributed by atoms with Crippen molar-refractivity contribution >= 4 is 11.9 Å². The van der Waals surface area contributed by atoms with Gasteiger partial charge >= 0.3 is 11.9 Å². The van der Waals surface area contributed by atoms with Crippen molar-refractivity contribution in [1.29, 1.82) is 0 Å². The highest BCUT2D eigenvalue weighted by molar-refractivity contribution is 5.96. The summed E-state index contributed by atoms with van der Waals surface area (Å²) in [6.07, 6.45) is 0. The van der Waals surface area contributed by atoms with Crippen LogP contribution < -0.4 is 5.73 Å². The molecule has 0 aliphatic heterocycles. The maximum atomic E-state index is 9.63. The summed E-state index contributed by atoms with van der Waals surface area (Å²) in [7, 11) is 0. The van der Waals surface area contributed by atoms with Gasteiger partial charge in [0.2, 0.25) is 6.04 Å². The molecule has 0 aromatic heterocycles. The van der Waals surface area contributed by atoms with Crippen molar-refractivity contribution in [3.05, 3.63) is 0 Å². The minimum Gasteiger partial charge on any atom is -0.480 e. The first-order valence-electron chi connectivity index (χ1n) is 2.90. The van der Waals surface area contributed by atoms with Crippen LogP contribution in [0, 0.1) is 0 Å². The Morgan fingerprint density at radius 2 is 1.33 bits per heavy atom. The number of hydrogen-bond acceptors (Lipinski definition) is 5. The first-order valence-corrected chi connectivity index (χ1v) is 2.90. The van der Waals surface area contributed by atoms with Gasteiger partial charge in [-0.2, -0.15) is 0 Å². The Balaban J connectivity index is 0. The molecule has 0 amide bonds. The normalized spacial score (nSPS) is 8.67. The molecular weight excluding hydrogens is 170 g/mol. The third-order valence-corrected chi connectivity index (χ3v) is 0.632. The van der Waals surface area contributed by atoms with Crippen molar-refractivity contribution in [1.82, 2.24) is 0 Å². The van der Waals surface area contributed by atoms with E-state index in [1.165, 1.54) is 0 Å². The lowest BCUT2D eigenvalue weighted by atomic mass is 10.3. The largest absolute Gasteiger partial charge is 0.480 e. The monoisotopic (exact) mass is 181 g/mol. The van der Waals surface area contributed by atoms with Gasteiger partial charge in [-0.1, -0.05) is 0 Å². The van der Waals surface area contributed by atoms with Crippen LogP contribution in [0.2, 0.25) is 0 Å². The van der Waals surface area contributed by atoms with Crippen molar-refractivity contribution in [2.75, 3.05) is 13.2 Å². The molecule has 0 fully saturated rings. The molecule has 7 nitrogen and oxygen atoms in total. The molecule has 0 spiro atoms. The number of aliphatic hydroxyl groups is 2. The lowest BCUT2D eigenvalue weighted by Gasteiger charge is -1.95. The van der Waals surface area contributed by atoms with E-state index in [2.05, 4.69) is 5.73 Å². The van der Waals surface area contributed by atoms with Gasteiger partial charge in [0.15, 0.2) is 0 Å². The SMILES string of the molecule is NC(C(=O)O)C(=O)O.OCCO. The molecule has 0 bridgehead atoms. The van der Waals surface area contributed by atoms with Crippen molar-refractivity contribution in [2.24, 2.45) is 5.73 Å². The average Bonchev–Trinajstić information content (AvgIpc) is 2.03. The van der Waals surface area contributed by atoms with Crippen LogP contribution in [0.4, 0.5) is 0 Å². The lowest BCUT2D eigenvalue weighted by Crippen LogP contribution is -2.38. The first kappa shape index (κ1) is 13.4. The molecule has 0 unspecified atom stereocenters. The lowest BCUT2D eigenvalue weighted by molar-refractivity contribution is -0.149. The van der Waals surface area contributed by atoms with Crippen LogP contribution in [0.1, 0.15) is 0 Å². The molecule has 0 rings (SSSR count). The summed E-state index contributed by atoms with van der Waals surface area (Å²) in [4.78, 5) is 19.3. The molecule has 7 heteroatoms. The van der Waals surface area contributed by atoms with E-state index in [4.69, 9.17) is 20.4 Å². The predicted octanol–water partition coefficient (Wildman–Crippen LogP) is -2.55. The fraction of sp³-hybridized carbons (Fsp3) is 0.600. The maximum Gasteiger partial charge on any atom is 0.332 e. The molecule has 0 aromatic rings. The van der Waals surface area contributed by atoms with Crippen LogP contribution in [0.25, 0.3) is 0 Å². The number of nitrogens with two attached hydrogens (primary N) is 1. The molecule has 12 heavy (non-hydrogen) atoms. The second-order valence-electron chi connectivity index (χ2n) is 1.60. The molecule has 0 aliphatic carbocycles. The molecule has 0 heterocycles. The van der Waals surface area contributed by atoms with Gasteiger partial charge in [0, 0.05) is 0 Å². The summed E-state index contributed by atoms with van der Waals surface area (Å²) in [5.74, 6) is -3.06. The molecule has 0 saturated carbocycles. The van der Waals surface area contributed by atoms with E-state index in [9.17, 15) is 9.59 Å². The highest BCUT2D eigenvalue weighted by Crippen LogP contribution is 1.74. The van der Waals surface area contributed by atoms with E-state index >= 15 is 0 Å². The van der Waals surface area contributed by atoms with Gasteiger partial charge in [-0.05, 0) is 0 Å². The zero-order chi connectivity index (χ0) is 10.1. The van der Waals surface area contributed by atoms with Crippen molar-refractivity contribution in [3.8, 4) is 0 Å². The van der Waals surface area contributed by atoms with E-state index in [1.54, 1.807) is 0 Å². The zero-order valence-corrected chi connectivity index (χ0v) is 6.17. The van der Waals surface area contributed by atoms with Crippen LogP contribution in [0.5, 0.6) is 0 Å². The summed E-state index contributed by atoms with van der Waals surface area (Å²) >= 11 is 0. The zero-order valence-electron chi connectivity index (χ0n) is 6.17. The standard InChI is InChI=1S/C3H5NO4.C2H6O2/c4-1(2(5)6)3(7)8;3-1-2-4/h1H,4H2,(H,5,6)(H,7,8);3-4H,1-2H2. The van der Waals surface area contributed by atoms with E-state index in [0.717, 1.165) is 0 Å². The molecule has 0 aromatic carbocycles. The Kier molecular flexibility index (Phi) is 8.85. The molecule has 6 N–H and O–H groups in total. The summed E-state index contributed by atoms with van der Waals surface area (Å²) in [5, 5.41) is 30.9. The van der Waals surface area contributed by atoms with Gasteiger partial charge in [-0.25, -0.2) is 9.59 Å². The third kappa shape index (κ3) is 8.82. The van der Waals surface area contributed by atoms with E-state index in [0.29, 0.717) is 0 Å². The minimum atomic E-state index is -1.80. The minimum absolute atomic E-state index is 0.125. The summed E-state index contributed by atoms with van der Waals surface area (Å²) in [6, 6.07) is -1.80. The number of carboxylic acids is 2. The summed E-state index contributed by atoms with van der Waals surface area (Å²) in [5.41, 5.74) is 4.56. The Labute approximate surface area is 68.0 Å². The number of hydrogen-bond donors (Lipinski definition) is 5. The van der Waals surface area contributed by atoms with E-state index in [-0.39, 0.29) is 13.2 Å². The van der Waals surface area contributed by atoms with Crippen LogP contribution in [0.15, 0.2) is 0 Å². The second-order valence-corrected chi connectivity index (χ2v) is 1.60. The highest BCUT2D eigenvalue weighted by atomic mass is 16.4. The molecule has 0 aliphatic rings. The van der Waals surface area contributed by atoms with Crippen LogP contribution in [-0.4, -0.2) is 51.6 Å². The van der Waals surface area contributed by atoms with Gasteiger partial charge in [-0.15, -0.1) is 0 Å². The second kappa shape index (κ2) is 7.92. The Morgan fingerprint density at radius 1 is 1.08 bits per heavy atom. The van der Waals surface area contributed by atoms with Crippen LogP contribution >= 0.6 is 0 Å². The number of carboxylic acid groups (broad SMARTS) is 2. The van der Waals surface area contributed by atoms with Crippen LogP contribution in [0.3, 0.4) is 0 Å². The fourth-order valence-corrected chi connectivity index (χ4v) is 0.106. The van der Waals surface area contributed by atoms with Crippen LogP contribution in [-0.2, 0) is 9.59 Å². The highest BCUT2D eigenvalue weighted by Gasteiger charge is 2.18. The summed E-state index contributed by atoms with van der Waals surface area (Å²) < 4.78 is 0. The predicted molar refractivity (Wildman–Crippen MR) is 37.4 cm³/mol. The van der Waals surface area contributed by atoms with Crippen molar-refractivity contribution in [3.63, 3.8) is 0 Å².